The van der Waals surface area contributed by atoms with E-state index in [1.54, 1.807) is 6.07 Å². The molecule has 0 unspecified atom stereocenters. The van der Waals surface area contributed by atoms with Crippen LogP contribution in [-0.4, -0.2) is 62.1 Å². The topological polar surface area (TPSA) is 42.0 Å². The molecule has 0 atom stereocenters. The Bertz CT molecular complexity index is 496. The molecule has 2 heterocycles. The molecular formula is C15H20N2O3. The van der Waals surface area contributed by atoms with Gasteiger partial charge in [0.15, 0.2) is 11.5 Å². The van der Waals surface area contributed by atoms with Crippen LogP contribution in [0.4, 0.5) is 0 Å². The average molecular weight is 276 g/mol. The molecule has 2 aliphatic rings. The normalized spacial score (nSPS) is 19.6. The molecular weight excluding hydrogens is 256 g/mol. The smallest absolute Gasteiger partial charge is 0.254 e. The number of hydrogen-bond donors (Lipinski definition) is 0. The summed E-state index contributed by atoms with van der Waals surface area (Å²) >= 11 is 0. The van der Waals surface area contributed by atoms with Gasteiger partial charge in [0.25, 0.3) is 5.91 Å². The predicted octanol–water partition coefficient (Wildman–Crippen LogP) is 1.24. The van der Waals surface area contributed by atoms with E-state index in [0.29, 0.717) is 24.5 Å². The fourth-order valence-corrected chi connectivity index (χ4v) is 2.49. The van der Waals surface area contributed by atoms with Crippen LogP contribution in [0.2, 0.25) is 0 Å². The molecule has 2 aliphatic heterocycles. The van der Waals surface area contributed by atoms with E-state index in [9.17, 15) is 4.79 Å². The minimum atomic E-state index is 0.0775. The molecule has 1 aromatic rings. The number of carbonyl (C=O) groups is 1. The van der Waals surface area contributed by atoms with Gasteiger partial charge in [0.1, 0.15) is 0 Å². The zero-order valence-electron chi connectivity index (χ0n) is 11.8. The molecule has 108 valence electrons. The van der Waals surface area contributed by atoms with Gasteiger partial charge in [-0.25, -0.2) is 0 Å². The van der Waals surface area contributed by atoms with Gasteiger partial charge in [0, 0.05) is 38.2 Å². The van der Waals surface area contributed by atoms with Crippen molar-refractivity contribution in [3.05, 3.63) is 23.8 Å². The quantitative estimate of drug-likeness (QED) is 0.774. The Morgan fingerprint density at radius 1 is 1.05 bits per heavy atom. The summed E-state index contributed by atoms with van der Waals surface area (Å²) in [6, 6.07) is 5.47. The van der Waals surface area contributed by atoms with Crippen molar-refractivity contribution in [3.8, 4) is 11.5 Å². The van der Waals surface area contributed by atoms with Gasteiger partial charge in [0.05, 0.1) is 13.2 Å². The second-order valence-electron chi connectivity index (χ2n) is 5.31. The van der Waals surface area contributed by atoms with E-state index in [1.807, 2.05) is 17.0 Å². The number of carbonyl (C=O) groups excluding carboxylic acids is 1. The number of piperazine rings is 1. The molecule has 20 heavy (non-hydrogen) atoms. The highest BCUT2D eigenvalue weighted by molar-refractivity contribution is 5.95. The predicted molar refractivity (Wildman–Crippen MR) is 75.4 cm³/mol. The van der Waals surface area contributed by atoms with Gasteiger partial charge in [-0.3, -0.25) is 4.79 Å². The first-order valence-electron chi connectivity index (χ1n) is 7.11. The first kappa shape index (κ1) is 13.2. The Balaban J connectivity index is 1.76. The van der Waals surface area contributed by atoms with Crippen LogP contribution in [0.3, 0.4) is 0 Å². The Hall–Kier alpha value is -1.75. The van der Waals surface area contributed by atoms with Crippen molar-refractivity contribution in [1.29, 1.82) is 0 Å². The number of nitrogens with zero attached hydrogens (tertiary/aromatic N) is 2. The molecule has 0 spiro atoms. The van der Waals surface area contributed by atoms with Gasteiger partial charge in [-0.2, -0.15) is 0 Å². The molecule has 0 N–H and O–H groups in total. The lowest BCUT2D eigenvalue weighted by molar-refractivity contribution is 0.0663. The van der Waals surface area contributed by atoms with Gasteiger partial charge in [-0.15, -0.1) is 0 Å². The average Bonchev–Trinajstić information content (AvgIpc) is 2.71. The van der Waals surface area contributed by atoms with E-state index in [-0.39, 0.29) is 5.91 Å². The summed E-state index contributed by atoms with van der Waals surface area (Å²) in [6.07, 6.45) is 0.871. The number of rotatable bonds is 1. The molecule has 0 aliphatic carbocycles. The highest BCUT2D eigenvalue weighted by atomic mass is 16.5. The van der Waals surface area contributed by atoms with Crippen molar-refractivity contribution in [1.82, 2.24) is 9.80 Å². The highest BCUT2D eigenvalue weighted by Gasteiger charge is 2.22. The Morgan fingerprint density at radius 2 is 1.75 bits per heavy atom. The zero-order chi connectivity index (χ0) is 13.9. The maximum atomic E-state index is 12.5. The second kappa shape index (κ2) is 5.71. The number of fused-ring (bicyclic) bond motifs is 1. The van der Waals surface area contributed by atoms with Crippen molar-refractivity contribution in [2.45, 2.75) is 6.42 Å². The maximum Gasteiger partial charge on any atom is 0.254 e. The van der Waals surface area contributed by atoms with Crippen LogP contribution in [0.25, 0.3) is 0 Å². The third-order valence-corrected chi connectivity index (χ3v) is 3.78. The summed E-state index contributed by atoms with van der Waals surface area (Å²) in [4.78, 5) is 16.6. The van der Waals surface area contributed by atoms with Crippen LogP contribution in [0.15, 0.2) is 18.2 Å². The fourth-order valence-electron chi connectivity index (χ4n) is 2.49. The zero-order valence-corrected chi connectivity index (χ0v) is 11.8. The van der Waals surface area contributed by atoms with Crippen LogP contribution in [0, 0.1) is 0 Å². The van der Waals surface area contributed by atoms with Crippen LogP contribution < -0.4 is 9.47 Å². The van der Waals surface area contributed by atoms with Gasteiger partial charge >= 0.3 is 0 Å². The third-order valence-electron chi connectivity index (χ3n) is 3.78. The molecule has 3 rings (SSSR count). The van der Waals surface area contributed by atoms with Crippen LogP contribution >= 0.6 is 0 Å². The number of hydrogen-bond acceptors (Lipinski definition) is 4. The van der Waals surface area contributed by atoms with E-state index < -0.39 is 0 Å². The Morgan fingerprint density at radius 3 is 2.50 bits per heavy atom. The lowest BCUT2D eigenvalue weighted by Crippen LogP contribution is -2.47. The van der Waals surface area contributed by atoms with E-state index in [1.165, 1.54) is 0 Å². The molecule has 0 radical (unpaired) electrons. The molecule has 5 heteroatoms. The highest BCUT2D eigenvalue weighted by Crippen LogP contribution is 2.30. The minimum Gasteiger partial charge on any atom is -0.490 e. The molecule has 0 aromatic heterocycles. The first-order valence-corrected chi connectivity index (χ1v) is 7.11. The van der Waals surface area contributed by atoms with Gasteiger partial charge in [0.2, 0.25) is 0 Å². The molecule has 0 saturated carbocycles. The monoisotopic (exact) mass is 276 g/mol. The maximum absolute atomic E-state index is 12.5. The van der Waals surface area contributed by atoms with Crippen molar-refractivity contribution in [2.75, 3.05) is 46.4 Å². The van der Waals surface area contributed by atoms with Crippen molar-refractivity contribution < 1.29 is 14.3 Å². The van der Waals surface area contributed by atoms with Crippen LogP contribution in [0.5, 0.6) is 11.5 Å². The van der Waals surface area contributed by atoms with Crippen molar-refractivity contribution in [2.24, 2.45) is 0 Å². The molecule has 5 nitrogen and oxygen atoms in total. The number of likely N-dealkylation sites (N-methyl/N-ethyl adjacent to an activating group) is 1. The molecule has 1 saturated heterocycles. The number of benzene rings is 1. The molecule has 1 amide bonds. The summed E-state index contributed by atoms with van der Waals surface area (Å²) in [5.74, 6) is 1.49. The third kappa shape index (κ3) is 2.72. The SMILES string of the molecule is CN1CCN(C(=O)c2ccc3c(c2)OCCCO3)CC1. The fraction of sp³-hybridized carbons (Fsp3) is 0.533. The minimum absolute atomic E-state index is 0.0775. The molecule has 0 bridgehead atoms. The summed E-state index contributed by atoms with van der Waals surface area (Å²) in [7, 11) is 2.08. The number of amides is 1. The summed E-state index contributed by atoms with van der Waals surface area (Å²) in [5, 5.41) is 0. The van der Waals surface area contributed by atoms with Crippen molar-refractivity contribution >= 4 is 5.91 Å². The van der Waals surface area contributed by atoms with Crippen LogP contribution in [0.1, 0.15) is 16.8 Å². The van der Waals surface area contributed by atoms with Gasteiger partial charge in [-0.1, -0.05) is 0 Å². The van der Waals surface area contributed by atoms with Crippen LogP contribution in [-0.2, 0) is 0 Å². The molecule has 1 fully saturated rings. The number of ether oxygens (including phenoxy) is 2. The largest absolute Gasteiger partial charge is 0.490 e. The van der Waals surface area contributed by atoms with E-state index in [2.05, 4.69) is 11.9 Å². The Labute approximate surface area is 119 Å². The Kier molecular flexibility index (Phi) is 3.78. The summed E-state index contributed by atoms with van der Waals surface area (Å²) in [5.41, 5.74) is 0.679. The standard InChI is InChI=1S/C15H20N2O3/c1-16-5-7-17(8-6-16)15(18)12-3-4-13-14(11-12)20-10-2-9-19-13/h3-4,11H,2,5-10H2,1H3. The van der Waals surface area contributed by atoms with Gasteiger partial charge < -0.3 is 19.3 Å². The second-order valence-corrected chi connectivity index (χ2v) is 5.31. The van der Waals surface area contributed by atoms with Crippen molar-refractivity contribution in [3.63, 3.8) is 0 Å². The molecule has 1 aromatic carbocycles. The van der Waals surface area contributed by atoms with E-state index >= 15 is 0 Å². The van der Waals surface area contributed by atoms with Gasteiger partial charge in [-0.05, 0) is 25.2 Å². The van der Waals surface area contributed by atoms with E-state index in [0.717, 1.165) is 38.3 Å². The lowest BCUT2D eigenvalue weighted by Gasteiger charge is -2.32. The lowest BCUT2D eigenvalue weighted by atomic mass is 10.1. The first-order chi connectivity index (χ1) is 9.74. The summed E-state index contributed by atoms with van der Waals surface area (Å²) in [6.45, 7) is 4.72. The van der Waals surface area contributed by atoms with E-state index in [4.69, 9.17) is 9.47 Å². The summed E-state index contributed by atoms with van der Waals surface area (Å²) < 4.78 is 11.2.